The molecule has 28 heavy (non-hydrogen) atoms. The highest BCUT2D eigenvalue weighted by Gasteiger charge is 2.65. The van der Waals surface area contributed by atoms with Crippen molar-refractivity contribution in [3.05, 3.63) is 33.1 Å². The second-order valence-corrected chi connectivity index (χ2v) is 7.13. The molecule has 0 radical (unpaired) electrons. The van der Waals surface area contributed by atoms with E-state index in [-0.39, 0.29) is 5.92 Å². The van der Waals surface area contributed by atoms with Crippen molar-refractivity contribution < 1.29 is 32.9 Å². The van der Waals surface area contributed by atoms with Gasteiger partial charge in [0, 0.05) is 12.3 Å². The molecule has 1 aliphatic carbocycles. The molecule has 1 aromatic heterocycles. The predicted octanol–water partition coefficient (Wildman–Crippen LogP) is 0.759. The lowest BCUT2D eigenvalue weighted by Gasteiger charge is -2.25. The molecule has 152 valence electrons. The van der Waals surface area contributed by atoms with Gasteiger partial charge in [0.25, 0.3) is 11.4 Å². The first-order valence-electron chi connectivity index (χ1n) is 9.09. The van der Waals surface area contributed by atoms with Crippen LogP contribution < -0.4 is 11.2 Å². The van der Waals surface area contributed by atoms with Gasteiger partial charge < -0.3 is 18.9 Å². The van der Waals surface area contributed by atoms with Gasteiger partial charge in [-0.05, 0) is 12.8 Å². The third-order valence-electron chi connectivity index (χ3n) is 5.25. The molecule has 1 saturated carbocycles. The fraction of sp³-hybridized carbons (Fsp3) is 0.647. The van der Waals surface area contributed by atoms with Crippen LogP contribution in [0.15, 0.2) is 21.9 Å². The van der Waals surface area contributed by atoms with Gasteiger partial charge >= 0.3 is 17.8 Å². The zero-order valence-corrected chi connectivity index (χ0v) is 14.8. The van der Waals surface area contributed by atoms with E-state index in [1.165, 1.54) is 0 Å². The maximum absolute atomic E-state index is 15.5. The maximum atomic E-state index is 15.5. The maximum Gasteiger partial charge on any atom is 0.509 e. The van der Waals surface area contributed by atoms with Crippen LogP contribution in [0, 0.1) is 5.92 Å². The fourth-order valence-corrected chi connectivity index (χ4v) is 3.83. The number of rotatable bonds is 4. The largest absolute Gasteiger partial charge is 0.509 e. The molecule has 11 heteroatoms. The van der Waals surface area contributed by atoms with Gasteiger partial charge in [0.1, 0.15) is 0 Å². The molecule has 3 aliphatic rings. The van der Waals surface area contributed by atoms with Gasteiger partial charge in [-0.2, -0.15) is 0 Å². The monoisotopic (exact) mass is 398 g/mol. The van der Waals surface area contributed by atoms with Crippen molar-refractivity contribution >= 4 is 12.1 Å². The van der Waals surface area contributed by atoms with Crippen molar-refractivity contribution in [1.82, 2.24) is 9.55 Å². The topological polar surface area (TPSA) is 126 Å². The lowest BCUT2D eigenvalue weighted by atomic mass is 9.89. The summed E-state index contributed by atoms with van der Waals surface area (Å²) < 4.78 is 36.6. The van der Waals surface area contributed by atoms with Gasteiger partial charge in [-0.1, -0.05) is 19.3 Å². The van der Waals surface area contributed by atoms with Crippen molar-refractivity contribution in [2.24, 2.45) is 5.92 Å². The van der Waals surface area contributed by atoms with Gasteiger partial charge in [-0.15, -0.1) is 0 Å². The van der Waals surface area contributed by atoms with Crippen LogP contribution in [0.25, 0.3) is 0 Å². The third-order valence-corrected chi connectivity index (χ3v) is 5.25. The van der Waals surface area contributed by atoms with Gasteiger partial charge in [-0.25, -0.2) is 14.0 Å². The van der Waals surface area contributed by atoms with E-state index < -0.39 is 54.3 Å². The number of carbonyl (C=O) groups excluding carboxylic acids is 2. The lowest BCUT2D eigenvalue weighted by molar-refractivity contribution is -0.221. The Bertz CT molecular complexity index is 892. The Morgan fingerprint density at radius 1 is 1.25 bits per heavy atom. The van der Waals surface area contributed by atoms with Crippen LogP contribution in [0.3, 0.4) is 0 Å². The van der Waals surface area contributed by atoms with Crippen molar-refractivity contribution in [2.45, 2.75) is 56.4 Å². The first kappa shape index (κ1) is 18.7. The smallest absolute Gasteiger partial charge is 0.459 e. The Morgan fingerprint density at radius 2 is 2.00 bits per heavy atom. The fourth-order valence-electron chi connectivity index (χ4n) is 3.83. The molecular weight excluding hydrogens is 379 g/mol. The number of fused-ring (bicyclic) bond motifs is 1. The predicted molar refractivity (Wildman–Crippen MR) is 88.0 cm³/mol. The molecule has 4 rings (SSSR count). The number of carbonyl (C=O) groups is 2. The van der Waals surface area contributed by atoms with Crippen molar-refractivity contribution in [3.63, 3.8) is 0 Å². The molecule has 0 unspecified atom stereocenters. The third kappa shape index (κ3) is 3.30. The summed E-state index contributed by atoms with van der Waals surface area (Å²) in [6.07, 6.45) is -0.00851. The number of ether oxygens (including phenoxy) is 4. The summed E-state index contributed by atoms with van der Waals surface area (Å²) in [4.78, 5) is 49.0. The molecular formula is C17H19FN2O8. The summed E-state index contributed by atoms with van der Waals surface area (Å²) in [5.74, 6) is -3.53. The number of nitrogens with one attached hydrogen (secondary N) is 1. The SMILES string of the molecule is O=C1O[C@H]2[C@H](n3ccc(=O)[nH]c3=O)O[C@](F)(COC(=O)C3CCCCC3)[C@H]2O1. The van der Waals surface area contributed by atoms with Crippen LogP contribution >= 0.6 is 0 Å². The summed E-state index contributed by atoms with van der Waals surface area (Å²) in [7, 11) is 0. The van der Waals surface area contributed by atoms with Crippen LogP contribution in [-0.4, -0.2) is 46.3 Å². The molecule has 0 bridgehead atoms. The van der Waals surface area contributed by atoms with E-state index >= 15 is 4.39 Å². The molecule has 2 aliphatic heterocycles. The summed E-state index contributed by atoms with van der Waals surface area (Å²) in [5, 5.41) is 0. The highest BCUT2D eigenvalue weighted by Crippen LogP contribution is 2.44. The highest BCUT2D eigenvalue weighted by atomic mass is 19.2. The van der Waals surface area contributed by atoms with E-state index in [0.29, 0.717) is 12.8 Å². The second kappa shape index (κ2) is 7.04. The standard InChI is InChI=1S/C17H19FN2O8/c18-17(8-25-14(22)9-4-2-1-3-5-9)12-11(26-16(24)27-12)13(28-17)20-7-6-10(21)19-15(20)23/h6-7,9,11-13H,1-5,8H2,(H,19,21,23)/t11-,12+,13-,17-/m1/s1. The molecule has 2 saturated heterocycles. The van der Waals surface area contributed by atoms with Gasteiger partial charge in [-0.3, -0.25) is 19.1 Å². The quantitative estimate of drug-likeness (QED) is 0.737. The Labute approximate surface area is 157 Å². The summed E-state index contributed by atoms with van der Waals surface area (Å²) >= 11 is 0. The van der Waals surface area contributed by atoms with E-state index in [9.17, 15) is 19.2 Å². The summed E-state index contributed by atoms with van der Waals surface area (Å²) in [6, 6.07) is 1.04. The molecule has 4 atom stereocenters. The van der Waals surface area contributed by atoms with Crippen molar-refractivity contribution in [2.75, 3.05) is 6.61 Å². The Morgan fingerprint density at radius 3 is 2.71 bits per heavy atom. The molecule has 1 N–H and O–H groups in total. The number of aromatic nitrogens is 2. The zero-order valence-electron chi connectivity index (χ0n) is 14.8. The van der Waals surface area contributed by atoms with Crippen LogP contribution in [0.2, 0.25) is 0 Å². The van der Waals surface area contributed by atoms with E-state index in [1.54, 1.807) is 0 Å². The molecule has 10 nitrogen and oxygen atoms in total. The highest BCUT2D eigenvalue weighted by molar-refractivity contribution is 5.72. The van der Waals surface area contributed by atoms with E-state index in [4.69, 9.17) is 18.9 Å². The number of nitrogens with zero attached hydrogens (tertiary/aromatic N) is 1. The van der Waals surface area contributed by atoms with Crippen LogP contribution in [0.1, 0.15) is 38.3 Å². The number of aromatic amines is 1. The normalized spacial score (nSPS) is 32.5. The molecule has 3 heterocycles. The first-order valence-corrected chi connectivity index (χ1v) is 9.09. The van der Waals surface area contributed by atoms with Gasteiger partial charge in [0.15, 0.2) is 18.9 Å². The minimum atomic E-state index is -2.69. The molecule has 0 spiro atoms. The minimum absolute atomic E-state index is 0.297. The molecule has 3 fully saturated rings. The van der Waals surface area contributed by atoms with Gasteiger partial charge in [0.05, 0.1) is 5.92 Å². The average molecular weight is 398 g/mol. The molecule has 0 aromatic carbocycles. The second-order valence-electron chi connectivity index (χ2n) is 7.13. The lowest BCUT2D eigenvalue weighted by Crippen LogP contribution is -2.43. The number of hydrogen-bond acceptors (Lipinski definition) is 8. The summed E-state index contributed by atoms with van der Waals surface area (Å²) in [5.41, 5.74) is -1.52. The number of alkyl halides is 1. The van der Waals surface area contributed by atoms with Crippen molar-refractivity contribution in [1.29, 1.82) is 0 Å². The number of H-pyrrole nitrogens is 1. The Balaban J connectivity index is 1.53. The van der Waals surface area contributed by atoms with Gasteiger partial charge in [0.2, 0.25) is 6.10 Å². The molecule has 0 amide bonds. The molecule has 1 aromatic rings. The Kier molecular flexibility index (Phi) is 4.69. The van der Waals surface area contributed by atoms with Crippen LogP contribution in [-0.2, 0) is 23.7 Å². The van der Waals surface area contributed by atoms with E-state index in [1.807, 2.05) is 4.98 Å². The van der Waals surface area contributed by atoms with E-state index in [2.05, 4.69) is 0 Å². The summed E-state index contributed by atoms with van der Waals surface area (Å²) in [6.45, 7) is -0.811. The minimum Gasteiger partial charge on any atom is -0.459 e. The first-order chi connectivity index (χ1) is 13.4. The number of halogens is 1. The van der Waals surface area contributed by atoms with Crippen LogP contribution in [0.5, 0.6) is 0 Å². The zero-order chi connectivity index (χ0) is 19.9. The average Bonchev–Trinajstić information content (AvgIpc) is 3.18. The Hall–Kier alpha value is -2.69. The van der Waals surface area contributed by atoms with Crippen LogP contribution in [0.4, 0.5) is 9.18 Å². The van der Waals surface area contributed by atoms with Crippen molar-refractivity contribution in [3.8, 4) is 0 Å². The number of esters is 1. The van der Waals surface area contributed by atoms with E-state index in [0.717, 1.165) is 36.1 Å². The number of hydrogen-bond donors (Lipinski definition) is 1.